The number of aliphatic hydroxyl groups is 1. The van der Waals surface area contributed by atoms with E-state index in [4.69, 9.17) is 10.2 Å². The quantitative estimate of drug-likeness (QED) is 0.545. The van der Waals surface area contributed by atoms with Crippen LogP contribution in [-0.4, -0.2) is 42.4 Å². The Hall–Kier alpha value is -1.64. The van der Waals surface area contributed by atoms with Gasteiger partial charge >= 0.3 is 5.97 Å². The number of nitrogens with one attached hydrogen (secondary N) is 1. The number of hydrogen-bond donors (Lipinski definition) is 4. The highest BCUT2D eigenvalue weighted by atomic mass is 32.2. The summed E-state index contributed by atoms with van der Waals surface area (Å²) in [4.78, 5) is 10.6. The van der Waals surface area contributed by atoms with Gasteiger partial charge in [0.1, 0.15) is 11.3 Å². The molecule has 0 fully saturated rings. The van der Waals surface area contributed by atoms with E-state index in [0.717, 1.165) is 18.2 Å². The van der Waals surface area contributed by atoms with E-state index < -0.39 is 33.4 Å². The van der Waals surface area contributed by atoms with Crippen LogP contribution in [0.15, 0.2) is 23.1 Å². The van der Waals surface area contributed by atoms with Gasteiger partial charge in [0.15, 0.2) is 0 Å². The number of phenols is 1. The van der Waals surface area contributed by atoms with E-state index in [9.17, 15) is 18.3 Å². The van der Waals surface area contributed by atoms with Crippen LogP contribution in [-0.2, 0) is 10.0 Å². The van der Waals surface area contributed by atoms with Gasteiger partial charge in [-0.3, -0.25) is 0 Å². The van der Waals surface area contributed by atoms with E-state index in [0.29, 0.717) is 12.8 Å². The van der Waals surface area contributed by atoms with Gasteiger partial charge in [-0.15, -0.1) is 0 Å². The molecule has 0 bridgehead atoms. The van der Waals surface area contributed by atoms with Gasteiger partial charge < -0.3 is 15.3 Å². The van der Waals surface area contributed by atoms with E-state index in [1.165, 1.54) is 0 Å². The maximum absolute atomic E-state index is 11.9. The molecule has 20 heavy (non-hydrogen) atoms. The second-order valence-electron chi connectivity index (χ2n) is 4.37. The van der Waals surface area contributed by atoms with E-state index in [-0.39, 0.29) is 11.4 Å². The summed E-state index contributed by atoms with van der Waals surface area (Å²) in [6.45, 7) is 1.74. The molecule has 7 nitrogen and oxygen atoms in total. The maximum Gasteiger partial charge on any atom is 0.339 e. The number of carboxylic acid groups (broad SMARTS) is 1. The second kappa shape index (κ2) is 6.69. The number of carboxylic acids is 1. The lowest BCUT2D eigenvalue weighted by Crippen LogP contribution is -2.25. The molecule has 112 valence electrons. The van der Waals surface area contributed by atoms with Gasteiger partial charge in [0.25, 0.3) is 0 Å². The highest BCUT2D eigenvalue weighted by Gasteiger charge is 2.18. The van der Waals surface area contributed by atoms with Gasteiger partial charge in [-0.05, 0) is 38.0 Å². The number of aromatic carboxylic acids is 1. The maximum atomic E-state index is 11.9. The monoisotopic (exact) mass is 303 g/mol. The highest BCUT2D eigenvalue weighted by Crippen LogP contribution is 2.21. The molecule has 0 saturated carbocycles. The van der Waals surface area contributed by atoms with Crippen molar-refractivity contribution >= 4 is 16.0 Å². The zero-order valence-corrected chi connectivity index (χ0v) is 11.7. The molecular formula is C12H17NO6S. The Kier molecular flexibility index (Phi) is 5.49. The molecule has 0 saturated heterocycles. The summed E-state index contributed by atoms with van der Waals surface area (Å²) in [5, 5.41) is 27.2. The van der Waals surface area contributed by atoms with Gasteiger partial charge in [-0.1, -0.05) is 0 Å². The average molecular weight is 303 g/mol. The topological polar surface area (TPSA) is 124 Å². The van der Waals surface area contributed by atoms with Crippen molar-refractivity contribution in [2.75, 3.05) is 6.54 Å². The predicted octanol–water partition coefficient (Wildman–Crippen LogP) is 0.530. The Labute approximate surface area is 116 Å². The van der Waals surface area contributed by atoms with Crippen molar-refractivity contribution < 1.29 is 28.5 Å². The third-order valence-corrected chi connectivity index (χ3v) is 4.06. The Balaban J connectivity index is 2.82. The highest BCUT2D eigenvalue weighted by molar-refractivity contribution is 7.89. The lowest BCUT2D eigenvalue weighted by molar-refractivity contribution is 0.0693. The smallest absolute Gasteiger partial charge is 0.339 e. The minimum absolute atomic E-state index is 0.135. The minimum Gasteiger partial charge on any atom is -0.507 e. The number of aliphatic hydroxyl groups excluding tert-OH is 1. The summed E-state index contributed by atoms with van der Waals surface area (Å²) in [6, 6.07) is 3.04. The van der Waals surface area contributed by atoms with Crippen molar-refractivity contribution in [3.8, 4) is 5.75 Å². The standard InChI is InChI=1S/C12H17NO6S/c1-8(14)3-2-6-13-20(18,19)9-4-5-11(15)10(7-9)12(16)17/h4-5,7-8,13-15H,2-3,6H2,1H3,(H,16,17). The van der Waals surface area contributed by atoms with Gasteiger partial charge in [0.2, 0.25) is 10.0 Å². The largest absolute Gasteiger partial charge is 0.507 e. The summed E-state index contributed by atoms with van der Waals surface area (Å²) in [5.41, 5.74) is -0.475. The zero-order chi connectivity index (χ0) is 15.3. The van der Waals surface area contributed by atoms with Crippen LogP contribution in [0.4, 0.5) is 0 Å². The van der Waals surface area contributed by atoms with Gasteiger partial charge in [0.05, 0.1) is 11.0 Å². The van der Waals surface area contributed by atoms with Gasteiger partial charge in [-0.25, -0.2) is 17.9 Å². The lowest BCUT2D eigenvalue weighted by atomic mass is 10.2. The van der Waals surface area contributed by atoms with Gasteiger partial charge in [-0.2, -0.15) is 0 Å². The number of aromatic hydroxyl groups is 1. The first-order valence-electron chi connectivity index (χ1n) is 5.98. The summed E-state index contributed by atoms with van der Waals surface area (Å²) < 4.78 is 26.1. The number of hydrogen-bond acceptors (Lipinski definition) is 5. The molecule has 0 radical (unpaired) electrons. The molecule has 0 amide bonds. The van der Waals surface area contributed by atoms with Crippen molar-refractivity contribution in [2.24, 2.45) is 0 Å². The number of benzene rings is 1. The molecular weight excluding hydrogens is 286 g/mol. The van der Waals surface area contributed by atoms with E-state index in [1.54, 1.807) is 6.92 Å². The first-order valence-corrected chi connectivity index (χ1v) is 7.46. The van der Waals surface area contributed by atoms with Crippen molar-refractivity contribution in [1.29, 1.82) is 0 Å². The number of sulfonamides is 1. The lowest BCUT2D eigenvalue weighted by Gasteiger charge is -2.09. The van der Waals surface area contributed by atoms with Crippen LogP contribution in [0.3, 0.4) is 0 Å². The fourth-order valence-corrected chi connectivity index (χ4v) is 2.64. The van der Waals surface area contributed by atoms with Crippen LogP contribution in [0, 0.1) is 0 Å². The van der Waals surface area contributed by atoms with Crippen LogP contribution in [0.2, 0.25) is 0 Å². The molecule has 0 aliphatic carbocycles. The summed E-state index contributed by atoms with van der Waals surface area (Å²) >= 11 is 0. The number of carbonyl (C=O) groups is 1. The fourth-order valence-electron chi connectivity index (χ4n) is 1.54. The van der Waals surface area contributed by atoms with E-state index in [1.807, 2.05) is 0 Å². The number of rotatable bonds is 7. The Morgan fingerprint density at radius 3 is 2.60 bits per heavy atom. The second-order valence-corrected chi connectivity index (χ2v) is 6.14. The third kappa shape index (κ3) is 4.48. The molecule has 1 aromatic rings. The fraction of sp³-hybridized carbons (Fsp3) is 0.417. The van der Waals surface area contributed by atoms with Crippen LogP contribution in [0.5, 0.6) is 5.75 Å². The first kappa shape index (κ1) is 16.4. The summed E-state index contributed by atoms with van der Waals surface area (Å²) in [6.07, 6.45) is 0.408. The van der Waals surface area contributed by atoms with Crippen LogP contribution in [0.25, 0.3) is 0 Å². The van der Waals surface area contributed by atoms with Gasteiger partial charge in [0, 0.05) is 6.54 Å². The predicted molar refractivity (Wildman–Crippen MR) is 71.2 cm³/mol. The average Bonchev–Trinajstić information content (AvgIpc) is 2.34. The van der Waals surface area contributed by atoms with Crippen LogP contribution in [0.1, 0.15) is 30.1 Å². The molecule has 0 aliphatic rings. The molecule has 1 aromatic carbocycles. The van der Waals surface area contributed by atoms with E-state index in [2.05, 4.69) is 4.72 Å². The normalized spacial score (nSPS) is 13.1. The Morgan fingerprint density at radius 2 is 2.05 bits per heavy atom. The van der Waals surface area contributed by atoms with E-state index >= 15 is 0 Å². The molecule has 1 rings (SSSR count). The summed E-state index contributed by atoms with van der Waals surface area (Å²) in [7, 11) is -3.84. The van der Waals surface area contributed by atoms with Crippen LogP contribution < -0.4 is 4.72 Å². The van der Waals surface area contributed by atoms with Crippen molar-refractivity contribution in [2.45, 2.75) is 30.8 Å². The van der Waals surface area contributed by atoms with Crippen LogP contribution >= 0.6 is 0 Å². The molecule has 1 atom stereocenters. The Bertz CT molecular complexity index is 582. The van der Waals surface area contributed by atoms with Crippen molar-refractivity contribution in [1.82, 2.24) is 4.72 Å². The third-order valence-electron chi connectivity index (χ3n) is 2.60. The zero-order valence-electron chi connectivity index (χ0n) is 10.9. The van der Waals surface area contributed by atoms with Crippen molar-refractivity contribution in [3.63, 3.8) is 0 Å². The van der Waals surface area contributed by atoms with Crippen molar-refractivity contribution in [3.05, 3.63) is 23.8 Å². The SMILES string of the molecule is CC(O)CCCNS(=O)(=O)c1ccc(O)c(C(=O)O)c1. The molecule has 0 aliphatic heterocycles. The molecule has 0 aromatic heterocycles. The molecule has 1 unspecified atom stereocenters. The minimum atomic E-state index is -3.84. The summed E-state index contributed by atoms with van der Waals surface area (Å²) in [5.74, 6) is -1.90. The first-order chi connectivity index (χ1) is 9.24. The molecule has 4 N–H and O–H groups in total. The Morgan fingerprint density at radius 1 is 1.40 bits per heavy atom. The molecule has 8 heteroatoms. The molecule has 0 heterocycles. The molecule has 0 spiro atoms.